The van der Waals surface area contributed by atoms with E-state index in [1.807, 2.05) is 0 Å². The summed E-state index contributed by atoms with van der Waals surface area (Å²) in [4.78, 5) is 0.339. The SMILES string of the molecule is C=C1C[C@H]2CCC[C@@H](C1)N2S(=O)(=O)c1ccc(Cl)cc1. The number of hydrogen-bond donors (Lipinski definition) is 0. The van der Waals surface area contributed by atoms with Crippen molar-refractivity contribution in [2.75, 3.05) is 0 Å². The minimum absolute atomic E-state index is 0.0793. The Morgan fingerprint density at radius 3 is 2.20 bits per heavy atom. The molecule has 0 radical (unpaired) electrons. The van der Waals surface area contributed by atoms with E-state index in [1.54, 1.807) is 28.6 Å². The lowest BCUT2D eigenvalue weighted by molar-refractivity contribution is 0.151. The second kappa shape index (κ2) is 5.17. The number of fused-ring (bicyclic) bond motifs is 2. The molecular formula is C15H18ClNO2S. The molecule has 2 fully saturated rings. The summed E-state index contributed by atoms with van der Waals surface area (Å²) in [5, 5.41) is 0.552. The Labute approximate surface area is 125 Å². The Morgan fingerprint density at radius 1 is 1.10 bits per heavy atom. The maximum atomic E-state index is 12.9. The summed E-state index contributed by atoms with van der Waals surface area (Å²) in [5.41, 5.74) is 1.18. The first-order valence-electron chi connectivity index (χ1n) is 6.94. The fourth-order valence-corrected chi connectivity index (χ4v) is 5.39. The van der Waals surface area contributed by atoms with Crippen molar-refractivity contribution in [2.45, 2.75) is 49.1 Å². The van der Waals surface area contributed by atoms with Crippen LogP contribution in [0.3, 0.4) is 0 Å². The van der Waals surface area contributed by atoms with Gasteiger partial charge in [0.05, 0.1) is 4.90 Å². The average Bonchev–Trinajstić information content (AvgIpc) is 2.37. The summed E-state index contributed by atoms with van der Waals surface area (Å²) in [6, 6.07) is 6.61. The van der Waals surface area contributed by atoms with Crippen LogP contribution in [0.1, 0.15) is 32.1 Å². The van der Waals surface area contributed by atoms with Crippen LogP contribution in [0, 0.1) is 0 Å². The van der Waals surface area contributed by atoms with Crippen molar-refractivity contribution in [1.82, 2.24) is 4.31 Å². The first-order valence-corrected chi connectivity index (χ1v) is 8.76. The molecule has 2 heterocycles. The lowest BCUT2D eigenvalue weighted by Crippen LogP contribution is -2.52. The van der Waals surface area contributed by atoms with Gasteiger partial charge >= 0.3 is 0 Å². The van der Waals surface area contributed by atoms with Crippen LogP contribution in [0.25, 0.3) is 0 Å². The molecule has 1 aromatic rings. The van der Waals surface area contributed by atoms with Crippen LogP contribution < -0.4 is 0 Å². The number of nitrogens with zero attached hydrogens (tertiary/aromatic N) is 1. The highest BCUT2D eigenvalue weighted by Gasteiger charge is 2.42. The summed E-state index contributed by atoms with van der Waals surface area (Å²) in [5.74, 6) is 0. The quantitative estimate of drug-likeness (QED) is 0.783. The molecule has 0 amide bonds. The van der Waals surface area contributed by atoms with E-state index in [4.69, 9.17) is 11.6 Å². The molecule has 3 rings (SSSR count). The Bertz CT molecular complexity index is 608. The lowest BCUT2D eigenvalue weighted by Gasteiger charge is -2.45. The number of hydrogen-bond acceptors (Lipinski definition) is 2. The van der Waals surface area contributed by atoms with Crippen LogP contribution >= 0.6 is 11.6 Å². The van der Waals surface area contributed by atoms with Gasteiger partial charge in [0.1, 0.15) is 0 Å². The monoisotopic (exact) mass is 311 g/mol. The van der Waals surface area contributed by atoms with Gasteiger partial charge in [0, 0.05) is 17.1 Å². The molecule has 2 bridgehead atoms. The largest absolute Gasteiger partial charge is 0.243 e. The zero-order valence-electron chi connectivity index (χ0n) is 11.3. The van der Waals surface area contributed by atoms with Crippen molar-refractivity contribution in [2.24, 2.45) is 0 Å². The highest BCUT2D eigenvalue weighted by Crippen LogP contribution is 2.39. The van der Waals surface area contributed by atoms with Crippen LogP contribution in [0.4, 0.5) is 0 Å². The average molecular weight is 312 g/mol. The molecular weight excluding hydrogens is 294 g/mol. The second-order valence-corrected chi connectivity index (χ2v) is 7.97. The van der Waals surface area contributed by atoms with E-state index in [-0.39, 0.29) is 12.1 Å². The Kier molecular flexibility index (Phi) is 3.65. The molecule has 0 aromatic heterocycles. The van der Waals surface area contributed by atoms with Gasteiger partial charge in [0.15, 0.2) is 0 Å². The van der Waals surface area contributed by atoms with E-state index in [0.29, 0.717) is 9.92 Å². The normalized spacial score (nSPS) is 27.6. The Balaban J connectivity index is 1.98. The van der Waals surface area contributed by atoms with Crippen molar-refractivity contribution < 1.29 is 8.42 Å². The fourth-order valence-electron chi connectivity index (χ4n) is 3.40. The summed E-state index contributed by atoms with van der Waals surface area (Å²) in [6.07, 6.45) is 4.56. The predicted octanol–water partition coefficient (Wildman–Crippen LogP) is 3.60. The molecule has 0 unspecified atom stereocenters. The smallest absolute Gasteiger partial charge is 0.207 e. The number of rotatable bonds is 2. The molecule has 2 aliphatic rings. The Hall–Kier alpha value is -0.840. The zero-order valence-corrected chi connectivity index (χ0v) is 12.8. The standard InChI is InChI=1S/C15H18ClNO2S/c1-11-9-13-3-2-4-14(10-11)17(13)20(18,19)15-7-5-12(16)6-8-15/h5-8,13-14H,1-4,9-10H2/t13-,14+. The molecule has 0 aliphatic carbocycles. The zero-order chi connectivity index (χ0) is 14.3. The van der Waals surface area contributed by atoms with Crippen molar-refractivity contribution in [1.29, 1.82) is 0 Å². The van der Waals surface area contributed by atoms with Crippen molar-refractivity contribution >= 4 is 21.6 Å². The number of piperidine rings is 2. The van der Waals surface area contributed by atoms with Gasteiger partial charge < -0.3 is 0 Å². The van der Waals surface area contributed by atoms with Crippen LogP contribution in [-0.4, -0.2) is 24.8 Å². The summed E-state index contributed by atoms with van der Waals surface area (Å²) in [6.45, 7) is 4.06. The Morgan fingerprint density at radius 2 is 1.65 bits per heavy atom. The number of sulfonamides is 1. The molecule has 5 heteroatoms. The van der Waals surface area contributed by atoms with E-state index in [9.17, 15) is 8.42 Å². The van der Waals surface area contributed by atoms with Gasteiger partial charge in [-0.2, -0.15) is 4.31 Å². The van der Waals surface area contributed by atoms with Crippen LogP contribution in [0.5, 0.6) is 0 Å². The third-order valence-corrected chi connectivity index (χ3v) is 6.50. The highest BCUT2D eigenvalue weighted by atomic mass is 35.5. The first-order chi connectivity index (χ1) is 9.48. The van der Waals surface area contributed by atoms with E-state index >= 15 is 0 Å². The van der Waals surface area contributed by atoms with Crippen LogP contribution in [0.15, 0.2) is 41.3 Å². The van der Waals surface area contributed by atoms with Crippen molar-refractivity contribution in [3.05, 3.63) is 41.4 Å². The van der Waals surface area contributed by atoms with Gasteiger partial charge in [-0.15, -0.1) is 0 Å². The molecule has 20 heavy (non-hydrogen) atoms. The molecule has 0 spiro atoms. The molecule has 2 saturated heterocycles. The second-order valence-electron chi connectivity index (χ2n) is 5.69. The van der Waals surface area contributed by atoms with Gasteiger partial charge in [-0.25, -0.2) is 8.42 Å². The third kappa shape index (κ3) is 2.41. The van der Waals surface area contributed by atoms with Crippen LogP contribution in [-0.2, 0) is 10.0 Å². The van der Waals surface area contributed by atoms with Gasteiger partial charge in [0.2, 0.25) is 10.0 Å². The van der Waals surface area contributed by atoms with E-state index < -0.39 is 10.0 Å². The minimum Gasteiger partial charge on any atom is -0.207 e. The summed E-state index contributed by atoms with van der Waals surface area (Å²) >= 11 is 5.84. The minimum atomic E-state index is -3.43. The van der Waals surface area contributed by atoms with Crippen molar-refractivity contribution in [3.8, 4) is 0 Å². The first kappa shape index (κ1) is 14.1. The third-order valence-electron chi connectivity index (χ3n) is 4.23. The van der Waals surface area contributed by atoms with Crippen molar-refractivity contribution in [3.63, 3.8) is 0 Å². The fraction of sp³-hybridized carbons (Fsp3) is 0.467. The maximum Gasteiger partial charge on any atom is 0.243 e. The predicted molar refractivity (Wildman–Crippen MR) is 80.3 cm³/mol. The number of benzene rings is 1. The van der Waals surface area contributed by atoms with Crippen LogP contribution in [0.2, 0.25) is 5.02 Å². The maximum absolute atomic E-state index is 12.9. The van der Waals surface area contributed by atoms with E-state index in [2.05, 4.69) is 6.58 Å². The van der Waals surface area contributed by atoms with Gasteiger partial charge in [0.25, 0.3) is 0 Å². The molecule has 0 N–H and O–H groups in total. The summed E-state index contributed by atoms with van der Waals surface area (Å²) in [7, 11) is -3.43. The number of halogens is 1. The highest BCUT2D eigenvalue weighted by molar-refractivity contribution is 7.89. The molecule has 2 atom stereocenters. The lowest BCUT2D eigenvalue weighted by atomic mass is 9.84. The molecule has 108 valence electrons. The van der Waals surface area contributed by atoms with Gasteiger partial charge in [-0.3, -0.25) is 0 Å². The molecule has 3 nitrogen and oxygen atoms in total. The van der Waals surface area contributed by atoms with Gasteiger partial charge in [-0.05, 0) is 49.9 Å². The van der Waals surface area contributed by atoms with E-state index in [0.717, 1.165) is 32.1 Å². The molecule has 0 saturated carbocycles. The topological polar surface area (TPSA) is 37.4 Å². The molecule has 2 aliphatic heterocycles. The molecule has 1 aromatic carbocycles. The summed E-state index contributed by atoms with van der Waals surface area (Å²) < 4.78 is 27.5. The van der Waals surface area contributed by atoms with Gasteiger partial charge in [-0.1, -0.05) is 30.2 Å². The van der Waals surface area contributed by atoms with E-state index in [1.165, 1.54) is 5.57 Å².